The van der Waals surface area contributed by atoms with Gasteiger partial charge in [-0.15, -0.1) is 0 Å². The molecule has 3 rings (SSSR count). The first kappa shape index (κ1) is 15.8. The summed E-state index contributed by atoms with van der Waals surface area (Å²) in [6, 6.07) is 10.3. The molecule has 116 valence electrons. The van der Waals surface area contributed by atoms with Crippen LogP contribution in [0.1, 0.15) is 19.4 Å². The molecule has 0 aliphatic carbocycles. The van der Waals surface area contributed by atoms with Crippen molar-refractivity contribution in [2.75, 3.05) is 12.4 Å². The van der Waals surface area contributed by atoms with E-state index in [1.54, 1.807) is 13.3 Å². The summed E-state index contributed by atoms with van der Waals surface area (Å²) in [4.78, 5) is 11.6. The van der Waals surface area contributed by atoms with Gasteiger partial charge in [0, 0.05) is 12.2 Å². The highest BCUT2D eigenvalue weighted by Gasteiger charge is 2.00. The van der Waals surface area contributed by atoms with Crippen LogP contribution in [-0.2, 0) is 0 Å². The summed E-state index contributed by atoms with van der Waals surface area (Å²) in [5.74, 6) is 1.74. The lowest BCUT2D eigenvalue weighted by molar-refractivity contribution is 0.414. The Hall–Kier alpha value is -2.56. The van der Waals surface area contributed by atoms with E-state index in [9.17, 15) is 0 Å². The molecule has 0 fully saturated rings. The van der Waals surface area contributed by atoms with Gasteiger partial charge >= 0.3 is 0 Å². The molecule has 2 N–H and O–H groups in total. The molecule has 1 aromatic carbocycles. The van der Waals surface area contributed by atoms with Gasteiger partial charge in [-0.05, 0) is 39.0 Å². The fourth-order valence-corrected chi connectivity index (χ4v) is 1.87. The summed E-state index contributed by atoms with van der Waals surface area (Å²) >= 11 is 0. The van der Waals surface area contributed by atoms with E-state index in [-0.39, 0.29) is 0 Å². The Morgan fingerprint density at radius 2 is 1.86 bits per heavy atom. The summed E-state index contributed by atoms with van der Waals surface area (Å²) < 4.78 is 4.97. The predicted molar refractivity (Wildman–Crippen MR) is 90.4 cm³/mol. The smallest absolute Gasteiger partial charge is 0.156 e. The molecule has 0 amide bonds. The Morgan fingerprint density at radius 1 is 1.14 bits per heavy atom. The van der Waals surface area contributed by atoms with Gasteiger partial charge in [0.1, 0.15) is 17.1 Å². The highest BCUT2D eigenvalue weighted by Crippen LogP contribution is 2.10. The van der Waals surface area contributed by atoms with Gasteiger partial charge in [0.2, 0.25) is 0 Å². The van der Waals surface area contributed by atoms with Crippen LogP contribution in [0, 0.1) is 6.92 Å². The number of anilines is 1. The molecule has 3 aromatic rings. The number of ether oxygens (including phenoxy) is 1. The normalized spacial score (nSPS) is 10.2. The van der Waals surface area contributed by atoms with Crippen molar-refractivity contribution in [1.82, 2.24) is 15.0 Å². The van der Waals surface area contributed by atoms with Crippen molar-refractivity contribution >= 4 is 17.0 Å². The van der Waals surface area contributed by atoms with Crippen molar-refractivity contribution < 1.29 is 4.74 Å². The van der Waals surface area contributed by atoms with E-state index in [2.05, 4.69) is 41.0 Å². The first-order valence-electron chi connectivity index (χ1n) is 7.26. The molecule has 5 heteroatoms. The number of aromatic nitrogens is 3. The summed E-state index contributed by atoms with van der Waals surface area (Å²) in [5, 5.41) is 3.20. The summed E-state index contributed by atoms with van der Waals surface area (Å²) in [6.07, 6.45) is 3.57. The number of rotatable bonds is 3. The van der Waals surface area contributed by atoms with Crippen molar-refractivity contribution in [2.45, 2.75) is 26.8 Å². The SMILES string of the molecule is CC(C)Nc1cnc2[nH]ccc2n1.COc1ccc(C)cc1. The molecule has 2 aromatic heterocycles. The lowest BCUT2D eigenvalue weighted by atomic mass is 10.2. The van der Waals surface area contributed by atoms with Crippen LogP contribution in [0.4, 0.5) is 5.82 Å². The minimum absolute atomic E-state index is 0.380. The first-order chi connectivity index (χ1) is 10.6. The number of hydrogen-bond donors (Lipinski definition) is 2. The topological polar surface area (TPSA) is 62.8 Å². The Kier molecular flexibility index (Phi) is 5.36. The molecule has 5 nitrogen and oxygen atoms in total. The van der Waals surface area contributed by atoms with E-state index in [0.717, 1.165) is 22.7 Å². The minimum Gasteiger partial charge on any atom is -0.497 e. The van der Waals surface area contributed by atoms with Crippen molar-refractivity contribution in [2.24, 2.45) is 0 Å². The maximum absolute atomic E-state index is 4.97. The Morgan fingerprint density at radius 3 is 2.50 bits per heavy atom. The monoisotopic (exact) mass is 298 g/mol. The van der Waals surface area contributed by atoms with Gasteiger partial charge in [0.15, 0.2) is 5.65 Å². The van der Waals surface area contributed by atoms with Gasteiger partial charge in [0.25, 0.3) is 0 Å². The number of H-pyrrole nitrogens is 1. The van der Waals surface area contributed by atoms with Gasteiger partial charge in [-0.25, -0.2) is 9.97 Å². The minimum atomic E-state index is 0.380. The number of aryl methyl sites for hydroxylation is 1. The fourth-order valence-electron chi connectivity index (χ4n) is 1.87. The van der Waals surface area contributed by atoms with Crippen molar-refractivity contribution in [3.8, 4) is 5.75 Å². The van der Waals surface area contributed by atoms with E-state index >= 15 is 0 Å². The molecule has 0 saturated heterocycles. The molecular weight excluding hydrogens is 276 g/mol. The average molecular weight is 298 g/mol. The molecule has 0 atom stereocenters. The molecular formula is C17H22N4O. The third-order valence-electron chi connectivity index (χ3n) is 2.95. The molecule has 0 saturated carbocycles. The van der Waals surface area contributed by atoms with Crippen LogP contribution in [0.15, 0.2) is 42.7 Å². The zero-order valence-electron chi connectivity index (χ0n) is 13.4. The Balaban J connectivity index is 0.000000172. The Labute approximate surface area is 130 Å². The van der Waals surface area contributed by atoms with Crippen LogP contribution >= 0.6 is 0 Å². The van der Waals surface area contributed by atoms with Crippen LogP contribution in [0.5, 0.6) is 5.75 Å². The lowest BCUT2D eigenvalue weighted by Crippen LogP contribution is -2.11. The van der Waals surface area contributed by atoms with E-state index in [0.29, 0.717) is 6.04 Å². The molecule has 0 unspecified atom stereocenters. The van der Waals surface area contributed by atoms with E-state index in [1.807, 2.05) is 36.5 Å². The molecule has 22 heavy (non-hydrogen) atoms. The highest BCUT2D eigenvalue weighted by atomic mass is 16.5. The average Bonchev–Trinajstić information content (AvgIpc) is 2.96. The second-order valence-corrected chi connectivity index (χ2v) is 5.28. The van der Waals surface area contributed by atoms with Crippen molar-refractivity contribution in [1.29, 1.82) is 0 Å². The van der Waals surface area contributed by atoms with Crippen LogP contribution < -0.4 is 10.1 Å². The highest BCUT2D eigenvalue weighted by molar-refractivity contribution is 5.71. The number of aromatic amines is 1. The third-order valence-corrected chi connectivity index (χ3v) is 2.95. The van der Waals surface area contributed by atoms with Crippen LogP contribution in [-0.4, -0.2) is 28.1 Å². The molecule has 0 aliphatic rings. The molecule has 0 aliphatic heterocycles. The van der Waals surface area contributed by atoms with E-state index in [4.69, 9.17) is 4.74 Å². The van der Waals surface area contributed by atoms with Crippen LogP contribution in [0.25, 0.3) is 11.2 Å². The number of benzene rings is 1. The number of nitrogens with one attached hydrogen (secondary N) is 2. The van der Waals surface area contributed by atoms with Gasteiger partial charge in [0.05, 0.1) is 13.3 Å². The summed E-state index contributed by atoms with van der Waals surface area (Å²) in [6.45, 7) is 6.20. The number of hydrogen-bond acceptors (Lipinski definition) is 4. The standard InChI is InChI=1S/C9H12N4.C8H10O/c1-6(2)12-8-5-11-9-7(13-8)3-4-10-9;1-7-3-5-8(9-2)6-4-7/h3-6H,1-2H3,(H,10,11)(H,12,13);3-6H,1-2H3. The quantitative estimate of drug-likeness (QED) is 0.772. The maximum Gasteiger partial charge on any atom is 0.156 e. The predicted octanol–water partition coefficient (Wildman–Crippen LogP) is 3.78. The van der Waals surface area contributed by atoms with Crippen LogP contribution in [0.3, 0.4) is 0 Å². The van der Waals surface area contributed by atoms with Gasteiger partial charge in [-0.2, -0.15) is 0 Å². The second kappa shape index (κ2) is 7.45. The zero-order chi connectivity index (χ0) is 15.9. The van der Waals surface area contributed by atoms with E-state index in [1.165, 1.54) is 5.56 Å². The largest absolute Gasteiger partial charge is 0.497 e. The van der Waals surface area contributed by atoms with Crippen LogP contribution in [0.2, 0.25) is 0 Å². The van der Waals surface area contributed by atoms with Gasteiger partial charge in [-0.1, -0.05) is 17.7 Å². The van der Waals surface area contributed by atoms with Gasteiger partial charge < -0.3 is 15.0 Å². The summed E-state index contributed by atoms with van der Waals surface area (Å²) in [5.41, 5.74) is 2.98. The van der Waals surface area contributed by atoms with Gasteiger partial charge in [-0.3, -0.25) is 0 Å². The molecule has 0 spiro atoms. The lowest BCUT2D eigenvalue weighted by Gasteiger charge is -2.07. The maximum atomic E-state index is 4.97. The fraction of sp³-hybridized carbons (Fsp3) is 0.294. The zero-order valence-corrected chi connectivity index (χ0v) is 13.4. The second-order valence-electron chi connectivity index (χ2n) is 5.28. The number of fused-ring (bicyclic) bond motifs is 1. The van der Waals surface area contributed by atoms with Crippen molar-refractivity contribution in [3.63, 3.8) is 0 Å². The van der Waals surface area contributed by atoms with E-state index < -0.39 is 0 Å². The summed E-state index contributed by atoms with van der Waals surface area (Å²) in [7, 11) is 1.67. The third kappa shape index (κ3) is 4.48. The molecule has 2 heterocycles. The molecule has 0 radical (unpaired) electrons. The first-order valence-corrected chi connectivity index (χ1v) is 7.26. The van der Waals surface area contributed by atoms with Crippen molar-refractivity contribution in [3.05, 3.63) is 48.3 Å². The number of nitrogens with zero attached hydrogens (tertiary/aromatic N) is 2. The number of methoxy groups -OCH3 is 1. The Bertz CT molecular complexity index is 704. The molecule has 0 bridgehead atoms.